The Morgan fingerprint density at radius 2 is 1.83 bits per heavy atom. The van der Waals surface area contributed by atoms with Gasteiger partial charge in [0.15, 0.2) is 0 Å². The van der Waals surface area contributed by atoms with E-state index in [4.69, 9.17) is 4.42 Å². The van der Waals surface area contributed by atoms with E-state index in [-0.39, 0.29) is 0 Å². The molecule has 0 bridgehead atoms. The fourth-order valence-electron chi connectivity index (χ4n) is 2.47. The van der Waals surface area contributed by atoms with E-state index in [2.05, 4.69) is 15.1 Å². The van der Waals surface area contributed by atoms with Crippen LogP contribution in [0.25, 0.3) is 0 Å². The number of aryl methyl sites for hydroxylation is 1. The highest BCUT2D eigenvalue weighted by Gasteiger charge is 2.36. The van der Waals surface area contributed by atoms with Crippen molar-refractivity contribution >= 4 is 16.5 Å². The smallest absolute Gasteiger partial charge is 0.445 e. The predicted molar refractivity (Wildman–Crippen MR) is 80.5 cm³/mol. The van der Waals surface area contributed by atoms with Gasteiger partial charge in [-0.25, -0.2) is 0 Å². The van der Waals surface area contributed by atoms with Crippen LogP contribution >= 0.6 is 11.3 Å². The van der Waals surface area contributed by atoms with Gasteiger partial charge in [0.05, 0.1) is 6.54 Å². The van der Waals surface area contributed by atoms with E-state index in [0.29, 0.717) is 29.6 Å². The summed E-state index contributed by atoms with van der Waals surface area (Å²) in [6.07, 6.45) is -3.56. The summed E-state index contributed by atoms with van der Waals surface area (Å²) < 4.78 is 43.4. The number of furan rings is 1. The molecule has 0 radical (unpaired) electrons. The van der Waals surface area contributed by atoms with Crippen LogP contribution in [0.4, 0.5) is 18.3 Å². The van der Waals surface area contributed by atoms with E-state index >= 15 is 0 Å². The summed E-state index contributed by atoms with van der Waals surface area (Å²) in [5.41, 5.74) is 0. The Balaban J connectivity index is 1.55. The van der Waals surface area contributed by atoms with Gasteiger partial charge in [0.1, 0.15) is 11.5 Å². The maximum atomic E-state index is 12.6. The molecule has 0 amide bonds. The Kier molecular flexibility index (Phi) is 4.58. The molecule has 1 aliphatic heterocycles. The van der Waals surface area contributed by atoms with Crippen molar-refractivity contribution in [1.82, 2.24) is 15.1 Å². The standard InChI is InChI=1S/C14H17F3N4OS/c1-2-10-3-4-11(22-10)9-20-5-7-21(8-6-20)13-19-18-12(23-13)14(15,16)17/h3-4H,2,5-9H2,1H3. The number of anilines is 1. The van der Waals surface area contributed by atoms with Crippen LogP contribution in [0.3, 0.4) is 0 Å². The first-order chi connectivity index (χ1) is 11.0. The SMILES string of the molecule is CCc1ccc(CN2CCN(c3nnc(C(F)(F)F)s3)CC2)o1. The molecule has 1 saturated heterocycles. The molecule has 2 aromatic rings. The summed E-state index contributed by atoms with van der Waals surface area (Å²) in [6.45, 7) is 5.53. The summed E-state index contributed by atoms with van der Waals surface area (Å²) in [6, 6.07) is 3.96. The van der Waals surface area contributed by atoms with E-state index in [1.165, 1.54) is 0 Å². The topological polar surface area (TPSA) is 45.4 Å². The minimum atomic E-state index is -4.42. The Hall–Kier alpha value is -1.61. The molecule has 0 unspecified atom stereocenters. The minimum absolute atomic E-state index is 0.336. The third kappa shape index (κ3) is 3.84. The summed E-state index contributed by atoms with van der Waals surface area (Å²) >= 11 is 0.600. The van der Waals surface area contributed by atoms with Gasteiger partial charge in [0.25, 0.3) is 0 Å². The molecule has 0 spiro atoms. The van der Waals surface area contributed by atoms with Gasteiger partial charge < -0.3 is 9.32 Å². The number of hydrogen-bond acceptors (Lipinski definition) is 6. The summed E-state index contributed by atoms with van der Waals surface area (Å²) in [5.74, 6) is 1.89. The van der Waals surface area contributed by atoms with Crippen LogP contribution in [0.15, 0.2) is 16.5 Å². The van der Waals surface area contributed by atoms with Crippen LogP contribution in [0, 0.1) is 0 Å². The van der Waals surface area contributed by atoms with Gasteiger partial charge in [-0.15, -0.1) is 10.2 Å². The van der Waals surface area contributed by atoms with E-state index < -0.39 is 11.2 Å². The molecular weight excluding hydrogens is 329 g/mol. The van der Waals surface area contributed by atoms with Gasteiger partial charge in [-0.05, 0) is 12.1 Å². The lowest BCUT2D eigenvalue weighted by atomic mass is 10.3. The number of nitrogens with zero attached hydrogens (tertiary/aromatic N) is 4. The van der Waals surface area contributed by atoms with E-state index in [1.54, 1.807) is 0 Å². The number of halogens is 3. The molecule has 5 nitrogen and oxygen atoms in total. The number of alkyl halides is 3. The number of rotatable bonds is 4. The van der Waals surface area contributed by atoms with Crippen molar-refractivity contribution in [3.05, 3.63) is 28.7 Å². The second-order valence-corrected chi connectivity index (χ2v) is 6.33. The Labute approximate surface area is 135 Å². The van der Waals surface area contributed by atoms with Crippen LogP contribution in [-0.4, -0.2) is 41.3 Å². The first kappa shape index (κ1) is 16.3. The summed E-state index contributed by atoms with van der Waals surface area (Å²) in [4.78, 5) is 4.07. The average molecular weight is 346 g/mol. The molecule has 0 atom stereocenters. The van der Waals surface area contributed by atoms with Crippen molar-refractivity contribution in [2.75, 3.05) is 31.1 Å². The molecule has 0 N–H and O–H groups in total. The molecule has 0 saturated carbocycles. The fourth-order valence-corrected chi connectivity index (χ4v) is 3.24. The first-order valence-electron chi connectivity index (χ1n) is 7.41. The molecule has 9 heteroatoms. The number of aromatic nitrogens is 2. The van der Waals surface area contributed by atoms with Gasteiger partial charge in [-0.3, -0.25) is 4.90 Å². The zero-order valence-corrected chi connectivity index (χ0v) is 13.5. The molecule has 0 aliphatic carbocycles. The molecule has 126 valence electrons. The van der Waals surface area contributed by atoms with Crippen molar-refractivity contribution in [3.63, 3.8) is 0 Å². The van der Waals surface area contributed by atoms with E-state index in [0.717, 1.165) is 37.6 Å². The second-order valence-electron chi connectivity index (χ2n) is 5.37. The second kappa shape index (κ2) is 6.48. The van der Waals surface area contributed by atoms with Crippen molar-refractivity contribution in [2.45, 2.75) is 26.1 Å². The molecule has 3 rings (SSSR count). The largest absolute Gasteiger partial charge is 0.465 e. The monoisotopic (exact) mass is 346 g/mol. The zero-order chi connectivity index (χ0) is 16.4. The van der Waals surface area contributed by atoms with Crippen LogP contribution in [-0.2, 0) is 19.1 Å². The number of piperazine rings is 1. The molecule has 1 aliphatic rings. The molecular formula is C14H17F3N4OS. The zero-order valence-electron chi connectivity index (χ0n) is 12.6. The van der Waals surface area contributed by atoms with E-state index in [1.807, 2.05) is 24.0 Å². The maximum Gasteiger partial charge on any atom is 0.445 e. The minimum Gasteiger partial charge on any atom is -0.465 e. The molecule has 23 heavy (non-hydrogen) atoms. The van der Waals surface area contributed by atoms with Gasteiger partial charge in [-0.2, -0.15) is 13.2 Å². The van der Waals surface area contributed by atoms with Gasteiger partial charge in [0.2, 0.25) is 10.1 Å². The highest BCUT2D eigenvalue weighted by Crippen LogP contribution is 2.34. The summed E-state index contributed by atoms with van der Waals surface area (Å²) in [7, 11) is 0. The van der Waals surface area contributed by atoms with E-state index in [9.17, 15) is 13.2 Å². The predicted octanol–water partition coefficient (Wildman–Crippen LogP) is 3.03. The Morgan fingerprint density at radius 3 is 2.39 bits per heavy atom. The van der Waals surface area contributed by atoms with Gasteiger partial charge >= 0.3 is 6.18 Å². The van der Waals surface area contributed by atoms with Gasteiger partial charge in [0, 0.05) is 32.6 Å². The highest BCUT2D eigenvalue weighted by molar-refractivity contribution is 7.15. The average Bonchev–Trinajstić information content (AvgIpc) is 3.16. The third-order valence-electron chi connectivity index (χ3n) is 3.74. The van der Waals surface area contributed by atoms with Crippen LogP contribution in [0.5, 0.6) is 0 Å². The van der Waals surface area contributed by atoms with Crippen molar-refractivity contribution in [2.24, 2.45) is 0 Å². The Morgan fingerprint density at radius 1 is 1.13 bits per heavy atom. The quantitative estimate of drug-likeness (QED) is 0.851. The van der Waals surface area contributed by atoms with Crippen LogP contribution in [0.2, 0.25) is 0 Å². The van der Waals surface area contributed by atoms with Crippen molar-refractivity contribution < 1.29 is 17.6 Å². The van der Waals surface area contributed by atoms with Crippen LogP contribution in [0.1, 0.15) is 23.5 Å². The fraction of sp³-hybridized carbons (Fsp3) is 0.571. The van der Waals surface area contributed by atoms with Crippen molar-refractivity contribution in [1.29, 1.82) is 0 Å². The Bertz CT molecular complexity index is 646. The lowest BCUT2D eigenvalue weighted by Gasteiger charge is -2.33. The maximum absolute atomic E-state index is 12.6. The normalized spacial score (nSPS) is 17.0. The first-order valence-corrected chi connectivity index (χ1v) is 8.23. The van der Waals surface area contributed by atoms with Crippen molar-refractivity contribution in [3.8, 4) is 0 Å². The third-order valence-corrected chi connectivity index (χ3v) is 4.77. The highest BCUT2D eigenvalue weighted by atomic mass is 32.1. The summed E-state index contributed by atoms with van der Waals surface area (Å²) in [5, 5.41) is 6.35. The molecule has 2 aromatic heterocycles. The lowest BCUT2D eigenvalue weighted by Crippen LogP contribution is -2.45. The molecule has 1 fully saturated rings. The van der Waals surface area contributed by atoms with Gasteiger partial charge in [-0.1, -0.05) is 18.3 Å². The van der Waals surface area contributed by atoms with Crippen LogP contribution < -0.4 is 4.90 Å². The number of hydrogen-bond donors (Lipinski definition) is 0. The molecule has 0 aromatic carbocycles. The lowest BCUT2D eigenvalue weighted by molar-refractivity contribution is -0.138. The molecule has 3 heterocycles.